The zero-order chi connectivity index (χ0) is 12.1. The van der Waals surface area contributed by atoms with E-state index >= 15 is 0 Å². The van der Waals surface area contributed by atoms with Crippen molar-refractivity contribution in [2.45, 2.75) is 25.5 Å². The summed E-state index contributed by atoms with van der Waals surface area (Å²) in [5.41, 5.74) is 0. The third-order valence-electron chi connectivity index (χ3n) is 2.76. The van der Waals surface area contributed by atoms with Crippen LogP contribution in [-0.2, 0) is 9.84 Å². The van der Waals surface area contributed by atoms with Gasteiger partial charge in [-0.05, 0) is 27.4 Å². The fourth-order valence-corrected chi connectivity index (χ4v) is 1.31. The normalized spacial score (nSPS) is 13.5. The van der Waals surface area contributed by atoms with E-state index in [9.17, 15) is 8.42 Å². The number of sulfone groups is 1. The van der Waals surface area contributed by atoms with Crippen molar-refractivity contribution in [3.8, 4) is 0 Å². The lowest BCUT2D eigenvalue weighted by Crippen LogP contribution is -2.43. The molecule has 0 unspecified atom stereocenters. The fraction of sp³-hybridized carbons (Fsp3) is 1.00. The van der Waals surface area contributed by atoms with E-state index in [1.165, 1.54) is 6.26 Å². The highest BCUT2D eigenvalue weighted by Gasteiger charge is 2.29. The summed E-state index contributed by atoms with van der Waals surface area (Å²) < 4.78 is 22.1. The number of hydrogen-bond donors (Lipinski definition) is 1. The summed E-state index contributed by atoms with van der Waals surface area (Å²) >= 11 is 0. The lowest BCUT2D eigenvalue weighted by atomic mass is 10.2. The van der Waals surface area contributed by atoms with Crippen LogP contribution in [0.25, 0.3) is 0 Å². The smallest absolute Gasteiger partial charge is 0.153 e. The van der Waals surface area contributed by atoms with E-state index in [-0.39, 0.29) is 0 Å². The van der Waals surface area contributed by atoms with Gasteiger partial charge in [0.25, 0.3) is 0 Å². The molecular weight excluding hydrogens is 212 g/mol. The van der Waals surface area contributed by atoms with Crippen LogP contribution in [0.5, 0.6) is 0 Å². The molecule has 0 saturated carbocycles. The molecule has 4 nitrogen and oxygen atoms in total. The van der Waals surface area contributed by atoms with Gasteiger partial charge in [-0.2, -0.15) is 0 Å². The maximum atomic E-state index is 11.4. The summed E-state index contributed by atoms with van der Waals surface area (Å²) in [6.45, 7) is 8.87. The molecule has 1 N–H and O–H groups in total. The van der Waals surface area contributed by atoms with Gasteiger partial charge in [0.2, 0.25) is 0 Å². The molecule has 0 aliphatic rings. The quantitative estimate of drug-likeness (QED) is 0.648. The Morgan fingerprint density at radius 1 is 1.33 bits per heavy atom. The van der Waals surface area contributed by atoms with E-state index in [1.807, 2.05) is 7.05 Å². The number of nitrogens with one attached hydrogen (secondary N) is 1. The zero-order valence-corrected chi connectivity index (χ0v) is 11.3. The van der Waals surface area contributed by atoms with Crippen LogP contribution in [0.1, 0.15) is 20.8 Å². The van der Waals surface area contributed by atoms with Gasteiger partial charge in [0.15, 0.2) is 9.84 Å². The van der Waals surface area contributed by atoms with E-state index in [2.05, 4.69) is 17.1 Å². The summed E-state index contributed by atoms with van der Waals surface area (Å²) in [5.74, 6) is 0. The van der Waals surface area contributed by atoms with Gasteiger partial charge in [-0.3, -0.25) is 0 Å². The SMILES string of the molecule is CCN(C)CCNCC(C)(C)S(C)(=O)=O. The molecule has 0 aromatic heterocycles. The molecule has 0 bridgehead atoms. The highest BCUT2D eigenvalue weighted by Crippen LogP contribution is 2.12. The average Bonchev–Trinajstić information content (AvgIpc) is 2.10. The van der Waals surface area contributed by atoms with Gasteiger partial charge in [0.1, 0.15) is 0 Å². The first-order valence-corrected chi connectivity index (χ1v) is 7.18. The second-order valence-electron chi connectivity index (χ2n) is 4.60. The molecule has 5 heteroatoms. The van der Waals surface area contributed by atoms with E-state index in [4.69, 9.17) is 0 Å². The van der Waals surface area contributed by atoms with E-state index in [0.717, 1.165) is 19.6 Å². The molecule has 0 rings (SSSR count). The molecule has 92 valence electrons. The Morgan fingerprint density at radius 2 is 1.87 bits per heavy atom. The lowest BCUT2D eigenvalue weighted by Gasteiger charge is -2.23. The first kappa shape index (κ1) is 14.9. The maximum Gasteiger partial charge on any atom is 0.153 e. The third kappa shape index (κ3) is 5.49. The van der Waals surface area contributed by atoms with Gasteiger partial charge in [-0.25, -0.2) is 8.42 Å². The summed E-state index contributed by atoms with van der Waals surface area (Å²) in [6, 6.07) is 0. The molecule has 0 spiro atoms. The fourth-order valence-electron chi connectivity index (χ4n) is 0.949. The van der Waals surface area contributed by atoms with Crippen LogP contribution in [0, 0.1) is 0 Å². The van der Waals surface area contributed by atoms with Gasteiger partial charge < -0.3 is 10.2 Å². The van der Waals surface area contributed by atoms with Crippen LogP contribution >= 0.6 is 0 Å². The summed E-state index contributed by atoms with van der Waals surface area (Å²) in [6.07, 6.45) is 1.28. The minimum Gasteiger partial charge on any atom is -0.314 e. The number of nitrogens with zero attached hydrogens (tertiary/aromatic N) is 1. The molecule has 0 atom stereocenters. The van der Waals surface area contributed by atoms with Crippen LogP contribution in [0.2, 0.25) is 0 Å². The first-order chi connectivity index (χ1) is 6.70. The van der Waals surface area contributed by atoms with Gasteiger partial charge in [-0.1, -0.05) is 6.92 Å². The summed E-state index contributed by atoms with van der Waals surface area (Å²) in [7, 11) is -0.940. The molecule has 0 fully saturated rings. The molecule has 0 aliphatic carbocycles. The van der Waals surface area contributed by atoms with Crippen molar-refractivity contribution in [3.05, 3.63) is 0 Å². The van der Waals surface area contributed by atoms with Crippen molar-refractivity contribution in [3.63, 3.8) is 0 Å². The van der Waals surface area contributed by atoms with E-state index in [0.29, 0.717) is 6.54 Å². The predicted molar refractivity (Wildman–Crippen MR) is 65.0 cm³/mol. The second-order valence-corrected chi connectivity index (χ2v) is 7.25. The van der Waals surface area contributed by atoms with Crippen molar-refractivity contribution in [1.82, 2.24) is 10.2 Å². The second kappa shape index (κ2) is 5.82. The van der Waals surface area contributed by atoms with Gasteiger partial charge >= 0.3 is 0 Å². The molecule has 0 amide bonds. The number of likely N-dealkylation sites (N-methyl/N-ethyl adjacent to an activating group) is 1. The maximum absolute atomic E-state index is 11.4. The molecule has 15 heavy (non-hydrogen) atoms. The predicted octanol–water partition coefficient (Wildman–Crippen LogP) is 0.351. The topological polar surface area (TPSA) is 49.4 Å². The average molecular weight is 236 g/mol. The van der Waals surface area contributed by atoms with Crippen molar-refractivity contribution in [2.75, 3.05) is 39.5 Å². The molecule has 0 radical (unpaired) electrons. The minimum absolute atomic E-state index is 0.503. The van der Waals surface area contributed by atoms with Crippen LogP contribution < -0.4 is 5.32 Å². The minimum atomic E-state index is -2.98. The Morgan fingerprint density at radius 3 is 2.27 bits per heavy atom. The van der Waals surface area contributed by atoms with E-state index in [1.54, 1.807) is 13.8 Å². The van der Waals surface area contributed by atoms with Crippen LogP contribution in [0.3, 0.4) is 0 Å². The number of rotatable bonds is 7. The standard InChI is InChI=1S/C10H24N2O2S/c1-6-12(4)8-7-11-9-10(2,3)15(5,13)14/h11H,6-9H2,1-5H3. The molecule has 0 aromatic carbocycles. The van der Waals surface area contributed by atoms with Gasteiger partial charge in [-0.15, -0.1) is 0 Å². The Hall–Kier alpha value is -0.130. The van der Waals surface area contributed by atoms with Crippen molar-refractivity contribution >= 4 is 9.84 Å². The Bertz CT molecular complexity index is 273. The monoisotopic (exact) mass is 236 g/mol. The third-order valence-corrected chi connectivity index (χ3v) is 4.92. The summed E-state index contributed by atoms with van der Waals surface area (Å²) in [4.78, 5) is 2.18. The van der Waals surface area contributed by atoms with E-state index < -0.39 is 14.6 Å². The van der Waals surface area contributed by atoms with Crippen LogP contribution in [-0.4, -0.2) is 57.5 Å². The molecule has 0 aliphatic heterocycles. The lowest BCUT2D eigenvalue weighted by molar-refractivity contribution is 0.346. The molecule has 0 heterocycles. The van der Waals surface area contributed by atoms with Crippen LogP contribution in [0.15, 0.2) is 0 Å². The molecule has 0 saturated heterocycles. The van der Waals surface area contributed by atoms with Gasteiger partial charge in [0, 0.05) is 25.9 Å². The highest BCUT2D eigenvalue weighted by atomic mass is 32.2. The highest BCUT2D eigenvalue weighted by molar-refractivity contribution is 7.92. The first-order valence-electron chi connectivity index (χ1n) is 5.29. The molecule has 0 aromatic rings. The Balaban J connectivity index is 3.87. The zero-order valence-electron chi connectivity index (χ0n) is 10.5. The molecular formula is C10H24N2O2S. The van der Waals surface area contributed by atoms with Gasteiger partial charge in [0.05, 0.1) is 4.75 Å². The largest absolute Gasteiger partial charge is 0.314 e. The van der Waals surface area contributed by atoms with Crippen LogP contribution in [0.4, 0.5) is 0 Å². The summed E-state index contributed by atoms with van der Waals surface area (Å²) in [5, 5.41) is 3.18. The Kier molecular flexibility index (Phi) is 5.77. The van der Waals surface area contributed by atoms with Crippen molar-refractivity contribution < 1.29 is 8.42 Å². The number of hydrogen-bond acceptors (Lipinski definition) is 4. The Labute approximate surface area is 94.0 Å². The van der Waals surface area contributed by atoms with Crippen molar-refractivity contribution in [2.24, 2.45) is 0 Å². The van der Waals surface area contributed by atoms with Crippen molar-refractivity contribution in [1.29, 1.82) is 0 Å².